The van der Waals surface area contributed by atoms with E-state index in [1.165, 1.54) is 10.6 Å². The van der Waals surface area contributed by atoms with Gasteiger partial charge in [0.15, 0.2) is 28.5 Å². The maximum atomic E-state index is 14.2. The molecule has 4 heterocycles. The summed E-state index contributed by atoms with van der Waals surface area (Å²) < 4.78 is 53.3. The lowest BCUT2D eigenvalue weighted by molar-refractivity contribution is 0.171. The lowest BCUT2D eigenvalue weighted by Crippen LogP contribution is -2.39. The molecule has 0 saturated carbocycles. The van der Waals surface area contributed by atoms with E-state index >= 15 is 0 Å². The largest absolute Gasteiger partial charge is 0.486 e. The number of ether oxygens (including phenoxy) is 2. The molecule has 2 aliphatic heterocycles. The molecule has 1 saturated heterocycles. The van der Waals surface area contributed by atoms with Crippen LogP contribution < -0.4 is 20.1 Å². The number of nitrogens with two attached hydrogens (primary N) is 1. The molecule has 37 heavy (non-hydrogen) atoms. The SMILES string of the molecule is CN(C)c1cc2c(cc1Cc1nc3c(N)nc(F)nc3n1CCC1CCCN(S(C)(=O)=O)C1)OCCO2. The third-order valence-corrected chi connectivity index (χ3v) is 8.23. The molecule has 1 fully saturated rings. The Bertz CT molecular complexity index is 1430. The zero-order chi connectivity index (χ0) is 26.3. The van der Waals surface area contributed by atoms with Crippen LogP contribution in [0.5, 0.6) is 11.5 Å². The zero-order valence-corrected chi connectivity index (χ0v) is 22.1. The first-order chi connectivity index (χ1) is 17.6. The van der Waals surface area contributed by atoms with Crippen LogP contribution >= 0.6 is 0 Å². The van der Waals surface area contributed by atoms with E-state index < -0.39 is 16.1 Å². The Kier molecular flexibility index (Phi) is 6.84. The van der Waals surface area contributed by atoms with E-state index in [0.717, 1.165) is 24.1 Å². The quantitative estimate of drug-likeness (QED) is 0.454. The first-order valence-corrected chi connectivity index (χ1v) is 14.2. The molecular weight excluding hydrogens is 501 g/mol. The van der Waals surface area contributed by atoms with E-state index in [-0.39, 0.29) is 11.7 Å². The van der Waals surface area contributed by atoms with Gasteiger partial charge in [-0.1, -0.05) is 0 Å². The minimum absolute atomic E-state index is 0.0153. The van der Waals surface area contributed by atoms with Gasteiger partial charge in [0.2, 0.25) is 10.0 Å². The van der Waals surface area contributed by atoms with Crippen LogP contribution in [0.4, 0.5) is 15.9 Å². The fraction of sp³-hybridized carbons (Fsp3) is 0.542. The Hall–Kier alpha value is -3.19. The highest BCUT2D eigenvalue weighted by atomic mass is 32.2. The van der Waals surface area contributed by atoms with Gasteiger partial charge >= 0.3 is 6.08 Å². The molecule has 5 rings (SSSR count). The first kappa shape index (κ1) is 25.5. The molecule has 0 bridgehead atoms. The number of fused-ring (bicyclic) bond motifs is 2. The van der Waals surface area contributed by atoms with Gasteiger partial charge in [0.05, 0.1) is 6.26 Å². The van der Waals surface area contributed by atoms with Crippen molar-refractivity contribution >= 4 is 32.7 Å². The van der Waals surface area contributed by atoms with Crippen LogP contribution in [0.25, 0.3) is 11.2 Å². The van der Waals surface area contributed by atoms with Gasteiger partial charge < -0.3 is 24.7 Å². The number of aromatic nitrogens is 4. The van der Waals surface area contributed by atoms with E-state index in [9.17, 15) is 12.8 Å². The van der Waals surface area contributed by atoms with Crippen molar-refractivity contribution in [1.29, 1.82) is 0 Å². The van der Waals surface area contributed by atoms with Crippen LogP contribution in [-0.2, 0) is 23.0 Å². The zero-order valence-electron chi connectivity index (χ0n) is 21.3. The van der Waals surface area contributed by atoms with Gasteiger partial charge in [-0.25, -0.2) is 17.7 Å². The van der Waals surface area contributed by atoms with Crippen LogP contribution in [0.1, 0.15) is 30.7 Å². The van der Waals surface area contributed by atoms with Crippen molar-refractivity contribution in [3.8, 4) is 11.5 Å². The third-order valence-electron chi connectivity index (χ3n) is 6.96. The molecule has 0 spiro atoms. The van der Waals surface area contributed by atoms with E-state index in [2.05, 4.69) is 9.97 Å². The highest BCUT2D eigenvalue weighted by Gasteiger charge is 2.27. The number of hydrogen-bond acceptors (Lipinski definition) is 9. The molecule has 2 N–H and O–H groups in total. The summed E-state index contributed by atoms with van der Waals surface area (Å²) in [5.74, 6) is 2.18. The molecule has 1 atom stereocenters. The van der Waals surface area contributed by atoms with Crippen molar-refractivity contribution in [2.24, 2.45) is 5.92 Å². The summed E-state index contributed by atoms with van der Waals surface area (Å²) >= 11 is 0. The fourth-order valence-electron chi connectivity index (χ4n) is 5.13. The van der Waals surface area contributed by atoms with E-state index in [1.807, 2.05) is 35.7 Å². The molecule has 200 valence electrons. The molecule has 0 radical (unpaired) electrons. The van der Waals surface area contributed by atoms with Crippen LogP contribution in [0.15, 0.2) is 12.1 Å². The van der Waals surface area contributed by atoms with Crippen molar-refractivity contribution in [2.45, 2.75) is 32.2 Å². The minimum atomic E-state index is -3.25. The number of halogens is 1. The van der Waals surface area contributed by atoms with Gasteiger partial charge in [-0.05, 0) is 36.8 Å². The smallest absolute Gasteiger partial charge is 0.312 e. The number of aryl methyl sites for hydroxylation is 1. The number of anilines is 2. The lowest BCUT2D eigenvalue weighted by Gasteiger charge is -2.31. The second-order valence-electron chi connectivity index (χ2n) is 9.84. The molecule has 1 unspecified atom stereocenters. The molecule has 3 aromatic rings. The summed E-state index contributed by atoms with van der Waals surface area (Å²) in [6, 6.07) is 3.90. The van der Waals surface area contributed by atoms with Gasteiger partial charge in [-0.15, -0.1) is 0 Å². The predicted octanol–water partition coefficient (Wildman–Crippen LogP) is 2.04. The summed E-state index contributed by atoms with van der Waals surface area (Å²) in [7, 11) is 0.658. The number of benzene rings is 1. The molecule has 0 aliphatic carbocycles. The molecule has 2 aliphatic rings. The van der Waals surface area contributed by atoms with Crippen molar-refractivity contribution in [3.63, 3.8) is 0 Å². The molecule has 1 aromatic carbocycles. The molecule has 2 aromatic heterocycles. The van der Waals surface area contributed by atoms with Gasteiger partial charge in [0.25, 0.3) is 0 Å². The average Bonchev–Trinajstić information content (AvgIpc) is 3.19. The van der Waals surface area contributed by atoms with Crippen molar-refractivity contribution < 1.29 is 22.3 Å². The summed E-state index contributed by atoms with van der Waals surface area (Å²) in [6.07, 6.45) is 3.18. The summed E-state index contributed by atoms with van der Waals surface area (Å²) in [4.78, 5) is 14.4. The minimum Gasteiger partial charge on any atom is -0.486 e. The molecule has 13 heteroatoms. The third kappa shape index (κ3) is 5.28. The number of hydrogen-bond donors (Lipinski definition) is 1. The van der Waals surface area contributed by atoms with Gasteiger partial charge in [-0.3, -0.25) is 0 Å². The number of rotatable bonds is 7. The summed E-state index contributed by atoms with van der Waals surface area (Å²) in [5, 5.41) is 0. The lowest BCUT2D eigenvalue weighted by atomic mass is 9.96. The second-order valence-corrected chi connectivity index (χ2v) is 11.8. The number of sulfonamides is 1. The van der Waals surface area contributed by atoms with Crippen LogP contribution in [-0.4, -0.2) is 78.9 Å². The Labute approximate surface area is 215 Å². The molecule has 0 amide bonds. The van der Waals surface area contributed by atoms with Crippen molar-refractivity contribution in [2.75, 3.05) is 57.3 Å². The van der Waals surface area contributed by atoms with Gasteiger partial charge in [0.1, 0.15) is 19.0 Å². The maximum Gasteiger partial charge on any atom is 0.312 e. The molecule has 11 nitrogen and oxygen atoms in total. The normalized spacial score (nSPS) is 18.3. The Morgan fingerprint density at radius 2 is 1.89 bits per heavy atom. The Morgan fingerprint density at radius 3 is 2.59 bits per heavy atom. The van der Waals surface area contributed by atoms with E-state index in [0.29, 0.717) is 74.2 Å². The first-order valence-electron chi connectivity index (χ1n) is 12.3. The Morgan fingerprint density at radius 1 is 1.16 bits per heavy atom. The highest BCUT2D eigenvalue weighted by molar-refractivity contribution is 7.88. The van der Waals surface area contributed by atoms with Crippen LogP contribution in [0.3, 0.4) is 0 Å². The van der Waals surface area contributed by atoms with Crippen LogP contribution in [0, 0.1) is 12.0 Å². The standard InChI is InChI=1S/C24H32FN7O4S/c1-30(2)17-13-19-18(35-9-10-36-19)11-16(17)12-20-27-21-22(26)28-24(25)29-23(21)32(20)8-6-15-5-4-7-31(14-15)37(3,33)34/h11,13,15H,4-10,12,14H2,1-3H3,(H2,26,28,29). The average molecular weight is 534 g/mol. The van der Waals surface area contributed by atoms with E-state index in [4.69, 9.17) is 20.2 Å². The van der Waals surface area contributed by atoms with Crippen molar-refractivity contribution in [1.82, 2.24) is 23.8 Å². The van der Waals surface area contributed by atoms with Crippen molar-refractivity contribution in [3.05, 3.63) is 29.6 Å². The van der Waals surface area contributed by atoms with Crippen LogP contribution in [0.2, 0.25) is 0 Å². The fourth-order valence-corrected chi connectivity index (χ4v) is 6.08. The highest BCUT2D eigenvalue weighted by Crippen LogP contribution is 2.38. The maximum absolute atomic E-state index is 14.2. The Balaban J connectivity index is 1.50. The summed E-state index contributed by atoms with van der Waals surface area (Å²) in [5.41, 5.74) is 8.61. The molecular formula is C24H32FN7O4S. The summed E-state index contributed by atoms with van der Waals surface area (Å²) in [6.45, 7) is 2.48. The monoisotopic (exact) mass is 533 g/mol. The number of nitrogen functional groups attached to an aromatic ring is 1. The number of nitrogens with zero attached hydrogens (tertiary/aromatic N) is 6. The van der Waals surface area contributed by atoms with Gasteiger partial charge in [0, 0.05) is 51.9 Å². The number of piperidine rings is 1. The predicted molar refractivity (Wildman–Crippen MR) is 138 cm³/mol. The second kappa shape index (κ2) is 9.93. The number of imidazole rings is 1. The topological polar surface area (TPSA) is 129 Å². The van der Waals surface area contributed by atoms with Gasteiger partial charge in [-0.2, -0.15) is 14.4 Å². The van der Waals surface area contributed by atoms with E-state index in [1.54, 1.807) is 0 Å².